The second kappa shape index (κ2) is 8.76. The Balaban J connectivity index is 1.47. The van der Waals surface area contributed by atoms with E-state index in [2.05, 4.69) is 18.1 Å². The van der Waals surface area contributed by atoms with E-state index in [1.165, 1.54) is 12.1 Å². The van der Waals surface area contributed by atoms with Crippen molar-refractivity contribution < 1.29 is 14.0 Å². The van der Waals surface area contributed by atoms with Crippen LogP contribution >= 0.6 is 0 Å². The van der Waals surface area contributed by atoms with Gasteiger partial charge >= 0.3 is 0 Å². The molecule has 0 radical (unpaired) electrons. The number of nitrogens with zero attached hydrogens (tertiary/aromatic N) is 2. The van der Waals surface area contributed by atoms with Gasteiger partial charge in [0.1, 0.15) is 5.82 Å². The lowest BCUT2D eigenvalue weighted by molar-refractivity contribution is -0.137. The predicted octanol–water partition coefficient (Wildman–Crippen LogP) is 4.85. The number of rotatable bonds is 6. The third kappa shape index (κ3) is 4.66. The number of amides is 1. The Bertz CT molecular complexity index is 905. The van der Waals surface area contributed by atoms with Crippen LogP contribution in [0.4, 0.5) is 4.39 Å². The SMILES string of the molecule is Cc1ccccc1C1=NO[C@H](CN(Cc2cccc(F)c2)C(=O)C2CCCC2)C1. The number of halogens is 1. The van der Waals surface area contributed by atoms with E-state index in [0.29, 0.717) is 19.5 Å². The first kappa shape index (κ1) is 19.6. The van der Waals surface area contributed by atoms with E-state index >= 15 is 0 Å². The zero-order valence-corrected chi connectivity index (χ0v) is 16.8. The molecular weight excluding hydrogens is 367 g/mol. The first-order chi connectivity index (χ1) is 14.1. The van der Waals surface area contributed by atoms with Gasteiger partial charge in [0.2, 0.25) is 5.91 Å². The van der Waals surface area contributed by atoms with Gasteiger partial charge < -0.3 is 9.74 Å². The summed E-state index contributed by atoms with van der Waals surface area (Å²) < 4.78 is 13.7. The molecule has 2 aliphatic rings. The third-order valence-corrected chi connectivity index (χ3v) is 5.89. The average Bonchev–Trinajstić information content (AvgIpc) is 3.40. The molecule has 1 aliphatic carbocycles. The van der Waals surface area contributed by atoms with E-state index in [1.807, 2.05) is 29.2 Å². The minimum Gasteiger partial charge on any atom is -0.390 e. The molecule has 0 bridgehead atoms. The van der Waals surface area contributed by atoms with Crippen LogP contribution in [0.3, 0.4) is 0 Å². The lowest BCUT2D eigenvalue weighted by Crippen LogP contribution is -2.40. The maximum atomic E-state index is 13.7. The summed E-state index contributed by atoms with van der Waals surface area (Å²) in [5, 5.41) is 4.30. The van der Waals surface area contributed by atoms with Crippen molar-refractivity contribution >= 4 is 11.6 Å². The molecule has 0 unspecified atom stereocenters. The normalized spacial score (nSPS) is 19.1. The van der Waals surface area contributed by atoms with Gasteiger partial charge in [-0.3, -0.25) is 4.79 Å². The van der Waals surface area contributed by atoms with Crippen LogP contribution in [0.2, 0.25) is 0 Å². The highest BCUT2D eigenvalue weighted by Gasteiger charge is 2.31. The number of benzene rings is 2. The fourth-order valence-electron chi connectivity index (χ4n) is 4.35. The maximum absolute atomic E-state index is 13.7. The van der Waals surface area contributed by atoms with E-state index in [-0.39, 0.29) is 23.7 Å². The van der Waals surface area contributed by atoms with E-state index in [0.717, 1.165) is 48.1 Å². The quantitative estimate of drug-likeness (QED) is 0.703. The summed E-state index contributed by atoms with van der Waals surface area (Å²) in [6.45, 7) is 2.92. The molecule has 2 aromatic carbocycles. The van der Waals surface area contributed by atoms with Crippen molar-refractivity contribution in [2.45, 2.75) is 51.7 Å². The van der Waals surface area contributed by atoms with Crippen LogP contribution in [0, 0.1) is 18.7 Å². The van der Waals surface area contributed by atoms with Gasteiger partial charge in [0.05, 0.1) is 12.3 Å². The molecule has 1 aliphatic heterocycles. The molecule has 1 saturated carbocycles. The molecule has 1 fully saturated rings. The number of carbonyl (C=O) groups excluding carboxylic acids is 1. The molecule has 0 N–H and O–H groups in total. The smallest absolute Gasteiger partial charge is 0.226 e. The summed E-state index contributed by atoms with van der Waals surface area (Å²) in [5.41, 5.74) is 3.98. The Hall–Kier alpha value is -2.69. The molecule has 4 rings (SSSR count). The van der Waals surface area contributed by atoms with Gasteiger partial charge in [0, 0.05) is 24.4 Å². The highest BCUT2D eigenvalue weighted by molar-refractivity contribution is 6.02. The second-order valence-corrected chi connectivity index (χ2v) is 8.11. The van der Waals surface area contributed by atoms with Crippen molar-refractivity contribution in [1.82, 2.24) is 4.90 Å². The van der Waals surface area contributed by atoms with Gasteiger partial charge in [-0.05, 0) is 43.0 Å². The standard InChI is InChI=1S/C24H27FN2O2/c1-17-7-2-5-12-22(17)23-14-21(29-26-23)16-27(24(28)19-9-3-4-10-19)15-18-8-6-11-20(25)13-18/h2,5-8,11-13,19,21H,3-4,9-10,14-16H2,1H3/t21-/m0/s1. The van der Waals surface area contributed by atoms with Gasteiger partial charge in [0.15, 0.2) is 6.10 Å². The molecule has 0 spiro atoms. The molecule has 0 aromatic heterocycles. The van der Waals surface area contributed by atoms with E-state index in [4.69, 9.17) is 4.84 Å². The number of carbonyl (C=O) groups is 1. The monoisotopic (exact) mass is 394 g/mol. The number of hydrogen-bond donors (Lipinski definition) is 0. The predicted molar refractivity (Wildman–Crippen MR) is 111 cm³/mol. The minimum absolute atomic E-state index is 0.0710. The van der Waals surface area contributed by atoms with Gasteiger partial charge in [-0.15, -0.1) is 0 Å². The van der Waals surface area contributed by atoms with Gasteiger partial charge in [-0.1, -0.05) is 54.4 Å². The lowest BCUT2D eigenvalue weighted by atomic mass is 9.99. The summed E-state index contributed by atoms with van der Waals surface area (Å²) in [6.07, 6.45) is 4.57. The Morgan fingerprint density at radius 3 is 2.72 bits per heavy atom. The van der Waals surface area contributed by atoms with Crippen molar-refractivity contribution in [3.8, 4) is 0 Å². The van der Waals surface area contributed by atoms with E-state index in [1.54, 1.807) is 6.07 Å². The molecule has 1 atom stereocenters. The minimum atomic E-state index is -0.280. The molecule has 152 valence electrons. The van der Waals surface area contributed by atoms with Crippen LogP contribution in [0.1, 0.15) is 48.8 Å². The second-order valence-electron chi connectivity index (χ2n) is 8.11. The Kier molecular flexibility index (Phi) is 5.93. The summed E-state index contributed by atoms with van der Waals surface area (Å²) in [6, 6.07) is 14.6. The third-order valence-electron chi connectivity index (χ3n) is 5.89. The van der Waals surface area contributed by atoms with Crippen molar-refractivity contribution in [2.75, 3.05) is 6.54 Å². The number of aryl methyl sites for hydroxylation is 1. The Labute approximate surface area is 171 Å². The largest absolute Gasteiger partial charge is 0.390 e. The zero-order chi connectivity index (χ0) is 20.2. The van der Waals surface area contributed by atoms with Crippen molar-refractivity contribution in [2.24, 2.45) is 11.1 Å². The molecule has 29 heavy (non-hydrogen) atoms. The van der Waals surface area contributed by atoms with Crippen LogP contribution in [-0.2, 0) is 16.2 Å². The van der Waals surface area contributed by atoms with Crippen LogP contribution in [0.5, 0.6) is 0 Å². The lowest BCUT2D eigenvalue weighted by Gasteiger charge is -2.27. The molecule has 1 heterocycles. The molecule has 2 aromatic rings. The van der Waals surface area contributed by atoms with Gasteiger partial charge in [-0.25, -0.2) is 4.39 Å². The van der Waals surface area contributed by atoms with Crippen LogP contribution in [0.15, 0.2) is 53.7 Å². The zero-order valence-electron chi connectivity index (χ0n) is 16.8. The highest BCUT2D eigenvalue weighted by Crippen LogP contribution is 2.28. The van der Waals surface area contributed by atoms with Crippen LogP contribution < -0.4 is 0 Å². The van der Waals surface area contributed by atoms with Gasteiger partial charge in [-0.2, -0.15) is 0 Å². The highest BCUT2D eigenvalue weighted by atomic mass is 19.1. The van der Waals surface area contributed by atoms with Crippen molar-refractivity contribution in [1.29, 1.82) is 0 Å². The average molecular weight is 394 g/mol. The van der Waals surface area contributed by atoms with Crippen molar-refractivity contribution in [3.63, 3.8) is 0 Å². The summed E-state index contributed by atoms with van der Waals surface area (Å²) in [5.74, 6) is -0.0560. The fraction of sp³-hybridized carbons (Fsp3) is 0.417. The number of oxime groups is 1. The van der Waals surface area contributed by atoms with E-state index < -0.39 is 0 Å². The summed E-state index contributed by atoms with van der Waals surface area (Å²) >= 11 is 0. The maximum Gasteiger partial charge on any atom is 0.226 e. The Morgan fingerprint density at radius 1 is 1.17 bits per heavy atom. The molecule has 0 saturated heterocycles. The molecular formula is C24H27FN2O2. The molecule has 1 amide bonds. The summed E-state index contributed by atoms with van der Waals surface area (Å²) in [4.78, 5) is 20.7. The fourth-order valence-corrected chi connectivity index (χ4v) is 4.35. The first-order valence-corrected chi connectivity index (χ1v) is 10.4. The van der Waals surface area contributed by atoms with Gasteiger partial charge in [0.25, 0.3) is 0 Å². The van der Waals surface area contributed by atoms with Crippen LogP contribution in [0.25, 0.3) is 0 Å². The summed E-state index contributed by atoms with van der Waals surface area (Å²) in [7, 11) is 0. The topological polar surface area (TPSA) is 41.9 Å². The van der Waals surface area contributed by atoms with Crippen molar-refractivity contribution in [3.05, 3.63) is 71.0 Å². The first-order valence-electron chi connectivity index (χ1n) is 10.4. The van der Waals surface area contributed by atoms with Crippen LogP contribution in [-0.4, -0.2) is 29.2 Å². The number of hydrogen-bond acceptors (Lipinski definition) is 3. The van der Waals surface area contributed by atoms with E-state index in [9.17, 15) is 9.18 Å². The molecule has 5 heteroatoms. The molecule has 4 nitrogen and oxygen atoms in total. The Morgan fingerprint density at radius 2 is 1.97 bits per heavy atom.